The third kappa shape index (κ3) is 3.56. The molecule has 3 amide bonds. The van der Waals surface area contributed by atoms with Crippen LogP contribution in [0.2, 0.25) is 0 Å². The lowest BCUT2D eigenvalue weighted by Gasteiger charge is -2.27. The van der Waals surface area contributed by atoms with Crippen LogP contribution in [0.15, 0.2) is 59.1 Å². The summed E-state index contributed by atoms with van der Waals surface area (Å²) in [6.45, 7) is -0.674. The highest BCUT2D eigenvalue weighted by molar-refractivity contribution is 9.10. The Morgan fingerprint density at radius 2 is 1.41 bits per heavy atom. The van der Waals surface area contributed by atoms with E-state index in [1.165, 1.54) is 36.4 Å². The molecule has 0 aromatic heterocycles. The molecule has 0 unspecified atom stereocenters. The van der Waals surface area contributed by atoms with E-state index in [0.717, 1.165) is 9.80 Å². The second kappa shape index (κ2) is 8.19. The smallest absolute Gasteiger partial charge is 0.263 e. The summed E-state index contributed by atoms with van der Waals surface area (Å²) in [4.78, 5) is 40.1. The molecular weight excluding hydrogens is 496 g/mol. The number of amides is 3. The van der Waals surface area contributed by atoms with E-state index < -0.39 is 53.2 Å². The Morgan fingerprint density at radius 1 is 0.844 bits per heavy atom. The summed E-state index contributed by atoms with van der Waals surface area (Å²) in [6, 6.07) is 12.1. The molecule has 0 saturated carbocycles. The first-order valence-corrected chi connectivity index (χ1v) is 9.85. The van der Waals surface area contributed by atoms with Crippen LogP contribution in [0, 0.1) is 23.3 Å². The van der Waals surface area contributed by atoms with E-state index in [0.29, 0.717) is 4.47 Å². The minimum Gasteiger partial charge on any atom is -0.289 e. The Hall–Kier alpha value is -3.53. The molecule has 32 heavy (non-hydrogen) atoms. The van der Waals surface area contributed by atoms with E-state index in [1.807, 2.05) is 0 Å². The lowest BCUT2D eigenvalue weighted by molar-refractivity contribution is 0.0650. The van der Waals surface area contributed by atoms with Crippen LogP contribution in [0.5, 0.6) is 0 Å². The van der Waals surface area contributed by atoms with Crippen LogP contribution in [0.1, 0.15) is 31.1 Å². The van der Waals surface area contributed by atoms with Crippen molar-refractivity contribution in [1.82, 2.24) is 4.90 Å². The fourth-order valence-corrected chi connectivity index (χ4v) is 3.53. The van der Waals surface area contributed by atoms with Gasteiger partial charge in [-0.15, -0.1) is 0 Å². The fourth-order valence-electron chi connectivity index (χ4n) is 3.27. The monoisotopic (exact) mass is 506 g/mol. The van der Waals surface area contributed by atoms with Crippen molar-refractivity contribution in [1.29, 1.82) is 0 Å². The average molecular weight is 507 g/mol. The van der Waals surface area contributed by atoms with Gasteiger partial charge in [0.15, 0.2) is 23.3 Å². The van der Waals surface area contributed by atoms with Gasteiger partial charge in [0, 0.05) is 10.2 Å². The van der Waals surface area contributed by atoms with E-state index in [1.54, 1.807) is 12.1 Å². The molecule has 0 atom stereocenters. The number of rotatable bonds is 4. The van der Waals surface area contributed by atoms with E-state index in [4.69, 9.17) is 0 Å². The predicted molar refractivity (Wildman–Crippen MR) is 109 cm³/mol. The van der Waals surface area contributed by atoms with Gasteiger partial charge in [-0.1, -0.05) is 28.1 Å². The third-order valence-electron chi connectivity index (χ3n) is 4.88. The molecule has 10 heteroatoms. The first kappa shape index (κ1) is 21.7. The molecule has 0 radical (unpaired) electrons. The van der Waals surface area contributed by atoms with Gasteiger partial charge in [0.2, 0.25) is 0 Å². The third-order valence-corrected chi connectivity index (χ3v) is 5.41. The highest BCUT2D eigenvalue weighted by Gasteiger charge is 2.38. The number of carbonyl (C=O) groups excluding carboxylic acids is 3. The molecule has 1 aliphatic rings. The van der Waals surface area contributed by atoms with Gasteiger partial charge in [0.25, 0.3) is 17.7 Å². The van der Waals surface area contributed by atoms with Gasteiger partial charge in [-0.2, -0.15) is 0 Å². The first-order chi connectivity index (χ1) is 15.2. The average Bonchev–Trinajstić information content (AvgIpc) is 3.03. The van der Waals surface area contributed by atoms with Crippen LogP contribution in [-0.2, 0) is 0 Å². The minimum absolute atomic E-state index is 0.0966. The SMILES string of the molecule is O=C1c2ccccc2C(=O)N1CN(C(=O)c1cc(F)c(F)c(F)c1F)c1ccc(Br)cc1. The molecule has 4 rings (SSSR count). The van der Waals surface area contributed by atoms with Crippen molar-refractivity contribution < 1.29 is 31.9 Å². The van der Waals surface area contributed by atoms with Gasteiger partial charge in [-0.25, -0.2) is 17.6 Å². The summed E-state index contributed by atoms with van der Waals surface area (Å²) in [5.41, 5.74) is -0.767. The molecule has 0 fully saturated rings. The molecule has 0 spiro atoms. The number of hydrogen-bond acceptors (Lipinski definition) is 3. The fraction of sp³-hybridized carbons (Fsp3) is 0.0455. The van der Waals surface area contributed by atoms with Crippen LogP contribution in [0.25, 0.3) is 0 Å². The van der Waals surface area contributed by atoms with Crippen molar-refractivity contribution in [3.05, 3.63) is 99.0 Å². The molecule has 0 N–H and O–H groups in total. The lowest BCUT2D eigenvalue weighted by Crippen LogP contribution is -2.44. The van der Waals surface area contributed by atoms with Crippen molar-refractivity contribution >= 4 is 39.3 Å². The number of carbonyl (C=O) groups is 3. The molecule has 1 heterocycles. The summed E-state index contributed by atoms with van der Waals surface area (Å²) in [7, 11) is 0. The van der Waals surface area contributed by atoms with Crippen LogP contribution >= 0.6 is 15.9 Å². The number of halogens is 5. The molecule has 0 aliphatic carbocycles. The van der Waals surface area contributed by atoms with Crippen molar-refractivity contribution in [3.8, 4) is 0 Å². The number of hydrogen-bond donors (Lipinski definition) is 0. The lowest BCUT2D eigenvalue weighted by atomic mass is 10.1. The van der Waals surface area contributed by atoms with Crippen molar-refractivity contribution in [2.24, 2.45) is 0 Å². The Balaban J connectivity index is 1.78. The predicted octanol–water partition coefficient (Wildman–Crippen LogP) is 4.91. The second-order valence-electron chi connectivity index (χ2n) is 6.78. The highest BCUT2D eigenvalue weighted by Crippen LogP contribution is 2.28. The molecule has 162 valence electrons. The summed E-state index contributed by atoms with van der Waals surface area (Å²) in [6.07, 6.45) is 0. The van der Waals surface area contributed by atoms with Crippen molar-refractivity contribution in [2.75, 3.05) is 11.6 Å². The maximum Gasteiger partial charge on any atom is 0.263 e. The first-order valence-electron chi connectivity index (χ1n) is 9.06. The van der Waals surface area contributed by atoms with Crippen molar-refractivity contribution in [2.45, 2.75) is 0 Å². The highest BCUT2D eigenvalue weighted by atomic mass is 79.9. The molecular formula is C22H11BrF4N2O3. The zero-order valence-electron chi connectivity index (χ0n) is 15.9. The quantitative estimate of drug-likeness (QED) is 0.219. The number of fused-ring (bicyclic) bond motifs is 1. The van der Waals surface area contributed by atoms with Crippen LogP contribution < -0.4 is 4.90 Å². The van der Waals surface area contributed by atoms with E-state index >= 15 is 0 Å². The molecule has 1 aliphatic heterocycles. The number of anilines is 1. The molecule has 0 bridgehead atoms. The molecule has 0 saturated heterocycles. The van der Waals surface area contributed by atoms with E-state index in [9.17, 15) is 31.9 Å². The summed E-state index contributed by atoms with van der Waals surface area (Å²) in [5, 5.41) is 0. The number of benzene rings is 3. The number of nitrogens with zero attached hydrogens (tertiary/aromatic N) is 2. The van der Waals surface area contributed by atoms with Crippen LogP contribution in [0.4, 0.5) is 23.2 Å². The Labute approximate surface area is 187 Å². The van der Waals surface area contributed by atoms with Crippen LogP contribution in [0.3, 0.4) is 0 Å². The Bertz CT molecular complexity index is 1250. The maximum atomic E-state index is 14.3. The van der Waals surface area contributed by atoms with Gasteiger partial charge in [-0.3, -0.25) is 24.2 Å². The standard InChI is InChI=1S/C22H11BrF4N2O3/c23-11-5-7-12(8-6-11)28(22(32)15-9-16(24)18(26)19(27)17(15)25)10-29-20(30)13-3-1-2-4-14(13)21(29)31/h1-9H,10H2. The minimum atomic E-state index is -2.15. The largest absolute Gasteiger partial charge is 0.289 e. The van der Waals surface area contributed by atoms with Gasteiger partial charge < -0.3 is 0 Å². The Morgan fingerprint density at radius 3 is 1.97 bits per heavy atom. The van der Waals surface area contributed by atoms with Gasteiger partial charge in [0.1, 0.15) is 6.67 Å². The van der Waals surface area contributed by atoms with Crippen LogP contribution in [-0.4, -0.2) is 29.3 Å². The van der Waals surface area contributed by atoms with E-state index in [2.05, 4.69) is 15.9 Å². The summed E-state index contributed by atoms with van der Waals surface area (Å²) >= 11 is 3.22. The molecule has 5 nitrogen and oxygen atoms in total. The summed E-state index contributed by atoms with van der Waals surface area (Å²) < 4.78 is 55.8. The van der Waals surface area contributed by atoms with Gasteiger partial charge in [-0.05, 0) is 42.5 Å². The van der Waals surface area contributed by atoms with Crippen molar-refractivity contribution in [3.63, 3.8) is 0 Å². The zero-order chi connectivity index (χ0) is 23.2. The Kier molecular flexibility index (Phi) is 5.55. The van der Waals surface area contributed by atoms with Gasteiger partial charge in [0.05, 0.1) is 16.7 Å². The molecule has 3 aromatic carbocycles. The van der Waals surface area contributed by atoms with E-state index in [-0.39, 0.29) is 22.9 Å². The second-order valence-corrected chi connectivity index (χ2v) is 7.70. The number of imide groups is 1. The summed E-state index contributed by atoms with van der Waals surface area (Å²) in [5.74, 6) is -10.5. The normalized spacial score (nSPS) is 12.8. The molecule has 3 aromatic rings. The van der Waals surface area contributed by atoms with Gasteiger partial charge >= 0.3 is 0 Å². The zero-order valence-corrected chi connectivity index (χ0v) is 17.5. The topological polar surface area (TPSA) is 57.7 Å². The maximum absolute atomic E-state index is 14.3.